The molecule has 1 aromatic heterocycles. The van der Waals surface area contributed by atoms with Gasteiger partial charge in [0.1, 0.15) is 41.1 Å². The molecular weight excluding hydrogens is 746 g/mol. The fraction of sp³-hybridized carbons (Fsp3) is 0.317. The van der Waals surface area contributed by atoms with Gasteiger partial charge in [0, 0.05) is 80.2 Å². The molecule has 5 aromatic rings. The minimum Gasteiger partial charge on any atom is -1.00 e. The first-order valence-corrected chi connectivity index (χ1v) is 17.7. The fourth-order valence-electron chi connectivity index (χ4n) is 7.38. The van der Waals surface area contributed by atoms with E-state index in [1.807, 2.05) is 0 Å². The van der Waals surface area contributed by atoms with Crippen LogP contribution in [0.5, 0.6) is 17.2 Å². The number of ether oxygens (including phenoxy) is 3. The summed E-state index contributed by atoms with van der Waals surface area (Å²) < 4.78 is 48.6. The number of aromatic nitrogens is 1. The van der Waals surface area contributed by atoms with E-state index in [0.717, 1.165) is 30.2 Å². The Morgan fingerprint density at radius 2 is 1.43 bits per heavy atom. The van der Waals surface area contributed by atoms with Gasteiger partial charge in [-0.2, -0.15) is 0 Å². The minimum absolute atomic E-state index is 0. The molecule has 3 aliphatic rings. The second-order valence-electron chi connectivity index (χ2n) is 13.6. The summed E-state index contributed by atoms with van der Waals surface area (Å²) in [5.74, 6) is -0.832. The summed E-state index contributed by atoms with van der Waals surface area (Å²) in [7, 11) is 3.06. The molecule has 3 aliphatic heterocycles. The number of anilines is 1. The zero-order valence-corrected chi connectivity index (χ0v) is 31.7. The highest BCUT2D eigenvalue weighted by molar-refractivity contribution is 6.07. The van der Waals surface area contributed by atoms with Crippen LogP contribution in [-0.2, 0) is 13.0 Å². The van der Waals surface area contributed by atoms with Crippen molar-refractivity contribution in [3.8, 4) is 22.9 Å². The van der Waals surface area contributed by atoms with E-state index < -0.39 is 23.0 Å². The third-order valence-corrected chi connectivity index (χ3v) is 10.5. The standard InChI is InChI=1S/C41H43F2N4O5.BrH/c1-4-45(32-20-30(42)19-31(43)21-32)41(49)38-26-46(33-22-35(50-2)24-36(23-33)51-3)39-25-34(9-10-37(39)40(38)48)52-27-29-7-5-28(6-8-29)11-15-47-16-12-44(13-17-47)14-18-47;/h5-10,19-26H,4,11-18,27H2,1-3H3;1H/q+1;/p-1. The number of carbonyl (C=O) groups excluding carboxylic acids is 1. The first kappa shape index (κ1) is 38.0. The lowest BCUT2D eigenvalue weighted by atomic mass is 10.1. The van der Waals surface area contributed by atoms with Gasteiger partial charge in [0.15, 0.2) is 0 Å². The van der Waals surface area contributed by atoms with Gasteiger partial charge in [-0.15, -0.1) is 0 Å². The lowest BCUT2D eigenvalue weighted by molar-refractivity contribution is -0.940. The molecule has 0 N–H and O–H groups in total. The molecule has 8 rings (SSSR count). The number of quaternary nitrogens is 1. The molecule has 278 valence electrons. The van der Waals surface area contributed by atoms with Crippen molar-refractivity contribution in [3.63, 3.8) is 0 Å². The van der Waals surface area contributed by atoms with E-state index in [0.29, 0.717) is 35.1 Å². The average molecular weight is 790 g/mol. The van der Waals surface area contributed by atoms with Crippen molar-refractivity contribution in [1.29, 1.82) is 0 Å². The van der Waals surface area contributed by atoms with Crippen LogP contribution < -0.4 is 41.5 Å². The second-order valence-corrected chi connectivity index (χ2v) is 13.6. The van der Waals surface area contributed by atoms with Crippen LogP contribution in [0, 0.1) is 11.6 Å². The van der Waals surface area contributed by atoms with Crippen LogP contribution in [0.15, 0.2) is 89.9 Å². The average Bonchev–Trinajstić information content (AvgIpc) is 3.17. The molecule has 9 nitrogen and oxygen atoms in total. The quantitative estimate of drug-likeness (QED) is 0.181. The van der Waals surface area contributed by atoms with Gasteiger partial charge in [0.2, 0.25) is 5.43 Å². The van der Waals surface area contributed by atoms with Crippen molar-refractivity contribution in [3.05, 3.63) is 124 Å². The number of amides is 1. The molecule has 0 saturated carbocycles. The smallest absolute Gasteiger partial charge is 0.263 e. The first-order valence-electron chi connectivity index (χ1n) is 17.7. The number of fused-ring (bicyclic) bond motifs is 4. The Morgan fingerprint density at radius 1 is 0.811 bits per heavy atom. The number of halogens is 3. The van der Waals surface area contributed by atoms with Gasteiger partial charge in [-0.3, -0.25) is 14.5 Å². The Labute approximate surface area is 318 Å². The molecule has 53 heavy (non-hydrogen) atoms. The highest BCUT2D eigenvalue weighted by Crippen LogP contribution is 2.30. The maximum Gasteiger partial charge on any atom is 0.263 e. The van der Waals surface area contributed by atoms with Crippen molar-refractivity contribution in [2.24, 2.45) is 0 Å². The molecule has 0 unspecified atom stereocenters. The molecule has 1 amide bonds. The summed E-state index contributed by atoms with van der Waals surface area (Å²) in [4.78, 5) is 31.7. The van der Waals surface area contributed by atoms with Crippen LogP contribution in [0.1, 0.15) is 28.4 Å². The molecule has 3 fully saturated rings. The molecule has 0 atom stereocenters. The van der Waals surface area contributed by atoms with E-state index in [9.17, 15) is 18.4 Å². The second kappa shape index (κ2) is 16.1. The lowest BCUT2D eigenvalue weighted by Gasteiger charge is -2.50. The molecule has 0 spiro atoms. The Kier molecular flexibility index (Phi) is 11.5. The van der Waals surface area contributed by atoms with Gasteiger partial charge in [0.25, 0.3) is 5.91 Å². The van der Waals surface area contributed by atoms with Gasteiger partial charge >= 0.3 is 0 Å². The monoisotopic (exact) mass is 788 g/mol. The summed E-state index contributed by atoms with van der Waals surface area (Å²) >= 11 is 0. The summed E-state index contributed by atoms with van der Waals surface area (Å²) in [5.41, 5.74) is 2.68. The van der Waals surface area contributed by atoms with Crippen molar-refractivity contribution < 1.29 is 49.3 Å². The lowest BCUT2D eigenvalue weighted by Crippen LogP contribution is -3.00. The van der Waals surface area contributed by atoms with Crippen LogP contribution in [0.3, 0.4) is 0 Å². The van der Waals surface area contributed by atoms with Gasteiger partial charge in [-0.1, -0.05) is 24.3 Å². The molecule has 3 saturated heterocycles. The number of piperazine rings is 3. The van der Waals surface area contributed by atoms with Gasteiger partial charge in [-0.25, -0.2) is 8.78 Å². The Bertz CT molecular complexity index is 2110. The molecule has 4 heterocycles. The van der Waals surface area contributed by atoms with Crippen molar-refractivity contribution in [2.75, 3.05) is 71.5 Å². The third kappa shape index (κ3) is 8.09. The van der Waals surface area contributed by atoms with E-state index in [-0.39, 0.29) is 40.2 Å². The van der Waals surface area contributed by atoms with Crippen LogP contribution in [-0.4, -0.2) is 86.4 Å². The van der Waals surface area contributed by atoms with Crippen LogP contribution >= 0.6 is 0 Å². The molecule has 4 aromatic carbocycles. The molecule has 2 bridgehead atoms. The van der Waals surface area contributed by atoms with Gasteiger partial charge in [-0.05, 0) is 42.3 Å². The molecule has 0 radical (unpaired) electrons. The van der Waals surface area contributed by atoms with Crippen molar-refractivity contribution in [2.45, 2.75) is 20.0 Å². The SMILES string of the molecule is CCN(C(=O)c1cn(-c2cc(OC)cc(OC)c2)c2cc(OCc3ccc(CC[N+]45CCN(CC4)CC5)cc3)ccc2c1=O)c1cc(F)cc(F)c1.[Br-]. The highest BCUT2D eigenvalue weighted by atomic mass is 79.9. The first-order chi connectivity index (χ1) is 25.2. The summed E-state index contributed by atoms with van der Waals surface area (Å²) in [6.07, 6.45) is 2.50. The van der Waals surface area contributed by atoms with E-state index in [4.69, 9.17) is 14.2 Å². The summed E-state index contributed by atoms with van der Waals surface area (Å²) in [6.45, 7) is 10.6. The number of pyridine rings is 1. The maximum absolute atomic E-state index is 14.2. The molecule has 0 aliphatic carbocycles. The summed E-state index contributed by atoms with van der Waals surface area (Å²) in [6, 6.07) is 21.7. The number of nitrogens with zero attached hydrogens (tertiary/aromatic N) is 4. The Balaban J connectivity index is 0.00000481. The normalized spacial score (nSPS) is 17.6. The van der Waals surface area contributed by atoms with Crippen molar-refractivity contribution in [1.82, 2.24) is 9.47 Å². The zero-order valence-electron chi connectivity index (χ0n) is 30.1. The number of rotatable bonds is 12. The third-order valence-electron chi connectivity index (χ3n) is 10.5. The van der Waals surface area contributed by atoms with Crippen LogP contribution in [0.25, 0.3) is 16.6 Å². The van der Waals surface area contributed by atoms with Crippen LogP contribution in [0.2, 0.25) is 0 Å². The van der Waals surface area contributed by atoms with E-state index >= 15 is 0 Å². The number of hydrogen-bond acceptors (Lipinski definition) is 6. The number of carbonyl (C=O) groups is 1. The zero-order chi connectivity index (χ0) is 36.4. The van der Waals surface area contributed by atoms with E-state index in [1.54, 1.807) is 47.9 Å². The predicted octanol–water partition coefficient (Wildman–Crippen LogP) is 3.22. The predicted molar refractivity (Wildman–Crippen MR) is 197 cm³/mol. The summed E-state index contributed by atoms with van der Waals surface area (Å²) in [5, 5.41) is 0.257. The Hall–Kier alpha value is -4.78. The number of hydrogen-bond donors (Lipinski definition) is 0. The fourth-order valence-corrected chi connectivity index (χ4v) is 7.38. The van der Waals surface area contributed by atoms with Gasteiger partial charge in [0.05, 0.1) is 51.6 Å². The number of benzene rings is 4. The van der Waals surface area contributed by atoms with E-state index in [1.165, 1.54) is 81.2 Å². The maximum atomic E-state index is 14.2. The number of methoxy groups -OCH3 is 2. The highest BCUT2D eigenvalue weighted by Gasteiger charge is 2.37. The Morgan fingerprint density at radius 3 is 2.04 bits per heavy atom. The van der Waals surface area contributed by atoms with E-state index in [2.05, 4.69) is 29.2 Å². The largest absolute Gasteiger partial charge is 1.00 e. The minimum atomic E-state index is -0.830. The van der Waals surface area contributed by atoms with Crippen LogP contribution in [0.4, 0.5) is 14.5 Å². The molecular formula is C41H43BrF2N4O5. The topological polar surface area (TPSA) is 73.2 Å². The van der Waals surface area contributed by atoms with Gasteiger partial charge < -0.3 is 45.1 Å². The molecule has 12 heteroatoms. The van der Waals surface area contributed by atoms with Crippen molar-refractivity contribution >= 4 is 22.5 Å².